The summed E-state index contributed by atoms with van der Waals surface area (Å²) in [5.41, 5.74) is 1.34. The molecule has 0 aliphatic heterocycles. The SMILES string of the molecule is C[CH]Oc1cccc(CCC)c1. The summed E-state index contributed by atoms with van der Waals surface area (Å²) in [6, 6.07) is 8.22. The third-order valence-corrected chi connectivity index (χ3v) is 1.69. The van der Waals surface area contributed by atoms with Gasteiger partial charge in [0.25, 0.3) is 0 Å². The van der Waals surface area contributed by atoms with Crippen molar-refractivity contribution in [2.24, 2.45) is 0 Å². The second-order valence-electron chi connectivity index (χ2n) is 2.75. The Morgan fingerprint density at radius 2 is 2.25 bits per heavy atom. The average molecular weight is 163 g/mol. The first-order valence-corrected chi connectivity index (χ1v) is 4.40. The predicted molar refractivity (Wildman–Crippen MR) is 51.0 cm³/mol. The molecule has 0 spiro atoms. The van der Waals surface area contributed by atoms with Gasteiger partial charge in [-0.1, -0.05) is 25.5 Å². The number of benzene rings is 1. The van der Waals surface area contributed by atoms with Gasteiger partial charge in [-0.2, -0.15) is 0 Å². The molecule has 1 rings (SSSR count). The summed E-state index contributed by atoms with van der Waals surface area (Å²) in [5, 5.41) is 0. The number of rotatable bonds is 4. The largest absolute Gasteiger partial charge is 0.487 e. The summed E-state index contributed by atoms with van der Waals surface area (Å²) in [6.07, 6.45) is 2.31. The van der Waals surface area contributed by atoms with Crippen LogP contribution in [0.1, 0.15) is 25.8 Å². The molecule has 0 saturated heterocycles. The van der Waals surface area contributed by atoms with Crippen molar-refractivity contribution in [2.75, 3.05) is 0 Å². The zero-order valence-electron chi connectivity index (χ0n) is 7.71. The fourth-order valence-corrected chi connectivity index (χ4v) is 1.20. The maximum atomic E-state index is 5.27. The fourth-order valence-electron chi connectivity index (χ4n) is 1.20. The van der Waals surface area contributed by atoms with Gasteiger partial charge in [0.15, 0.2) is 0 Å². The molecule has 0 bridgehead atoms. The Balaban J connectivity index is 2.67. The first-order valence-electron chi connectivity index (χ1n) is 4.40. The smallest absolute Gasteiger partial charge is 0.132 e. The monoisotopic (exact) mass is 163 g/mol. The zero-order valence-corrected chi connectivity index (χ0v) is 7.71. The van der Waals surface area contributed by atoms with E-state index < -0.39 is 0 Å². The summed E-state index contributed by atoms with van der Waals surface area (Å²) >= 11 is 0. The Morgan fingerprint density at radius 1 is 1.42 bits per heavy atom. The number of ether oxygens (including phenoxy) is 1. The van der Waals surface area contributed by atoms with Crippen molar-refractivity contribution in [1.82, 2.24) is 0 Å². The third-order valence-electron chi connectivity index (χ3n) is 1.69. The highest BCUT2D eigenvalue weighted by atomic mass is 16.5. The van der Waals surface area contributed by atoms with Gasteiger partial charge < -0.3 is 4.74 Å². The molecule has 0 fully saturated rings. The summed E-state index contributed by atoms with van der Waals surface area (Å²) in [5.74, 6) is 0.934. The maximum absolute atomic E-state index is 5.27. The van der Waals surface area contributed by atoms with E-state index in [9.17, 15) is 0 Å². The number of hydrogen-bond donors (Lipinski definition) is 0. The van der Waals surface area contributed by atoms with Crippen molar-refractivity contribution in [3.05, 3.63) is 36.4 Å². The minimum absolute atomic E-state index is 0.934. The average Bonchev–Trinajstić information content (AvgIpc) is 2.06. The lowest BCUT2D eigenvalue weighted by Gasteiger charge is -2.03. The molecular weight excluding hydrogens is 148 g/mol. The van der Waals surface area contributed by atoms with E-state index in [1.54, 1.807) is 6.61 Å². The Kier molecular flexibility index (Phi) is 3.65. The highest BCUT2D eigenvalue weighted by Crippen LogP contribution is 2.14. The second kappa shape index (κ2) is 4.81. The molecule has 0 heterocycles. The molecule has 0 unspecified atom stereocenters. The quantitative estimate of drug-likeness (QED) is 0.662. The van der Waals surface area contributed by atoms with Crippen molar-refractivity contribution in [1.29, 1.82) is 0 Å². The molecule has 0 amide bonds. The van der Waals surface area contributed by atoms with Crippen LogP contribution >= 0.6 is 0 Å². The topological polar surface area (TPSA) is 9.23 Å². The van der Waals surface area contributed by atoms with Crippen LogP contribution in [0.4, 0.5) is 0 Å². The molecule has 65 valence electrons. The Bertz CT molecular complexity index is 209. The van der Waals surface area contributed by atoms with Crippen molar-refractivity contribution >= 4 is 0 Å². The van der Waals surface area contributed by atoms with Gasteiger partial charge in [0.05, 0.1) is 0 Å². The van der Waals surface area contributed by atoms with E-state index in [1.165, 1.54) is 12.0 Å². The van der Waals surface area contributed by atoms with Crippen LogP contribution in [0.3, 0.4) is 0 Å². The van der Waals surface area contributed by atoms with E-state index in [1.807, 2.05) is 19.1 Å². The molecule has 0 atom stereocenters. The fraction of sp³-hybridized carbons (Fsp3) is 0.364. The molecule has 0 saturated carbocycles. The molecule has 1 heteroatoms. The molecule has 1 nitrogen and oxygen atoms in total. The van der Waals surface area contributed by atoms with Crippen LogP contribution in [0, 0.1) is 6.61 Å². The van der Waals surface area contributed by atoms with Crippen molar-refractivity contribution in [3.8, 4) is 5.75 Å². The van der Waals surface area contributed by atoms with Gasteiger partial charge >= 0.3 is 0 Å². The lowest BCUT2D eigenvalue weighted by atomic mass is 10.1. The van der Waals surface area contributed by atoms with Crippen LogP contribution in [-0.4, -0.2) is 0 Å². The molecular formula is C11H15O. The molecule has 1 aromatic rings. The Morgan fingerprint density at radius 3 is 2.92 bits per heavy atom. The molecule has 0 N–H and O–H groups in total. The highest BCUT2D eigenvalue weighted by molar-refractivity contribution is 5.28. The van der Waals surface area contributed by atoms with Crippen LogP contribution in [0.2, 0.25) is 0 Å². The van der Waals surface area contributed by atoms with Crippen LogP contribution < -0.4 is 4.74 Å². The first-order chi connectivity index (χ1) is 5.86. The molecule has 1 radical (unpaired) electrons. The molecule has 0 aromatic heterocycles. The molecule has 0 aliphatic rings. The van der Waals surface area contributed by atoms with Crippen molar-refractivity contribution < 1.29 is 4.74 Å². The lowest BCUT2D eigenvalue weighted by molar-refractivity contribution is 0.416. The molecule has 12 heavy (non-hydrogen) atoms. The molecule has 1 aromatic carbocycles. The van der Waals surface area contributed by atoms with E-state index >= 15 is 0 Å². The Hall–Kier alpha value is -0.980. The Labute approximate surface area is 74.4 Å². The second-order valence-corrected chi connectivity index (χ2v) is 2.75. The van der Waals surface area contributed by atoms with Crippen LogP contribution in [0.25, 0.3) is 0 Å². The van der Waals surface area contributed by atoms with Gasteiger partial charge in [0, 0.05) is 0 Å². The standard InChI is InChI=1S/C11H15O/c1-3-6-10-7-5-8-11(9-10)12-4-2/h4-5,7-9H,3,6H2,1-2H3. The van der Waals surface area contributed by atoms with Gasteiger partial charge in [-0.25, -0.2) is 0 Å². The van der Waals surface area contributed by atoms with E-state index in [0.29, 0.717) is 0 Å². The number of hydrogen-bond acceptors (Lipinski definition) is 1. The summed E-state index contributed by atoms with van der Waals surface area (Å²) in [4.78, 5) is 0. The molecule has 0 aliphatic carbocycles. The normalized spacial score (nSPS) is 9.83. The highest BCUT2D eigenvalue weighted by Gasteiger charge is 1.94. The minimum Gasteiger partial charge on any atom is -0.487 e. The van der Waals surface area contributed by atoms with Gasteiger partial charge in [-0.15, -0.1) is 0 Å². The number of aryl methyl sites for hydroxylation is 1. The van der Waals surface area contributed by atoms with E-state index in [4.69, 9.17) is 4.74 Å². The maximum Gasteiger partial charge on any atom is 0.132 e. The van der Waals surface area contributed by atoms with E-state index in [0.717, 1.165) is 12.2 Å². The summed E-state index contributed by atoms with van der Waals surface area (Å²) in [7, 11) is 0. The van der Waals surface area contributed by atoms with E-state index in [2.05, 4.69) is 19.1 Å². The van der Waals surface area contributed by atoms with Gasteiger partial charge in [0.1, 0.15) is 12.4 Å². The van der Waals surface area contributed by atoms with Crippen molar-refractivity contribution in [3.63, 3.8) is 0 Å². The van der Waals surface area contributed by atoms with Crippen LogP contribution in [-0.2, 0) is 6.42 Å². The van der Waals surface area contributed by atoms with Gasteiger partial charge in [-0.3, -0.25) is 0 Å². The van der Waals surface area contributed by atoms with Crippen LogP contribution in [0.5, 0.6) is 5.75 Å². The summed E-state index contributed by atoms with van der Waals surface area (Å²) < 4.78 is 5.27. The lowest BCUT2D eigenvalue weighted by Crippen LogP contribution is -1.87. The predicted octanol–water partition coefficient (Wildman–Crippen LogP) is 3.20. The summed E-state index contributed by atoms with van der Waals surface area (Å²) in [6.45, 7) is 5.76. The minimum atomic E-state index is 0.934. The van der Waals surface area contributed by atoms with E-state index in [-0.39, 0.29) is 0 Å². The van der Waals surface area contributed by atoms with Gasteiger partial charge in [-0.05, 0) is 31.0 Å². The van der Waals surface area contributed by atoms with Crippen LogP contribution in [0.15, 0.2) is 24.3 Å². The first kappa shape index (κ1) is 9.11. The third kappa shape index (κ3) is 2.57. The van der Waals surface area contributed by atoms with Gasteiger partial charge in [0.2, 0.25) is 0 Å². The van der Waals surface area contributed by atoms with Crippen molar-refractivity contribution in [2.45, 2.75) is 26.7 Å². The zero-order chi connectivity index (χ0) is 8.81.